The van der Waals surface area contributed by atoms with Crippen LogP contribution < -0.4 is 0 Å². The zero-order valence-corrected chi connectivity index (χ0v) is 16.1. The summed E-state index contributed by atoms with van der Waals surface area (Å²) in [5.74, 6) is 1.63. The summed E-state index contributed by atoms with van der Waals surface area (Å²) >= 11 is 6.75. The minimum atomic E-state index is -0.190. The molecule has 2 aromatic heterocycles. The van der Waals surface area contributed by atoms with E-state index in [2.05, 4.69) is 42.1 Å². The van der Waals surface area contributed by atoms with Crippen molar-refractivity contribution in [1.82, 2.24) is 10.2 Å². The number of hydrogen-bond donors (Lipinski definition) is 0. The second-order valence-corrected chi connectivity index (χ2v) is 8.42. The van der Waals surface area contributed by atoms with E-state index in [9.17, 15) is 0 Å². The lowest BCUT2D eigenvalue weighted by molar-refractivity contribution is 0.503. The molecule has 124 valence electrons. The highest BCUT2D eigenvalue weighted by atomic mass is 79.9. The van der Waals surface area contributed by atoms with E-state index < -0.39 is 0 Å². The van der Waals surface area contributed by atoms with Crippen molar-refractivity contribution >= 4 is 54.5 Å². The molecule has 0 N–H and O–H groups in total. The molecule has 0 saturated carbocycles. The lowest BCUT2D eigenvalue weighted by atomic mass is 10.0. The molecule has 4 aromatic rings. The molecule has 0 fully saturated rings. The summed E-state index contributed by atoms with van der Waals surface area (Å²) < 4.78 is 11.5. The molecule has 4 rings (SSSR count). The normalized spacial score (nSPS) is 12.2. The standard InChI is InChI=1S/C19H12Br2N2O2/c20-17(21)19-23-22-18(25-19)15(12-6-2-1-3-7-12)11-14-10-13-8-4-5-9-16(13)24-14/h1-11,17H/b15-11-. The maximum atomic E-state index is 5.91. The molecule has 0 aliphatic rings. The van der Waals surface area contributed by atoms with E-state index in [4.69, 9.17) is 8.83 Å². The number of aromatic nitrogens is 2. The Morgan fingerprint density at radius 3 is 2.40 bits per heavy atom. The SMILES string of the molecule is BrC(Br)c1nnc(/C(=C\c2cc3ccccc3o2)c2ccccc2)o1. The van der Waals surface area contributed by atoms with Gasteiger partial charge in [-0.2, -0.15) is 0 Å². The van der Waals surface area contributed by atoms with Gasteiger partial charge >= 0.3 is 0 Å². The third-order valence-electron chi connectivity index (χ3n) is 3.67. The molecular weight excluding hydrogens is 448 g/mol. The largest absolute Gasteiger partial charge is 0.457 e. The van der Waals surface area contributed by atoms with Gasteiger partial charge in [-0.15, -0.1) is 10.2 Å². The summed E-state index contributed by atoms with van der Waals surface area (Å²) in [6.07, 6.45) is 1.92. The van der Waals surface area contributed by atoms with E-state index in [1.54, 1.807) is 0 Å². The third-order valence-corrected chi connectivity index (χ3v) is 4.46. The topological polar surface area (TPSA) is 52.1 Å². The molecule has 25 heavy (non-hydrogen) atoms. The van der Waals surface area contributed by atoms with E-state index in [1.807, 2.05) is 66.7 Å². The van der Waals surface area contributed by atoms with Crippen LogP contribution in [0.1, 0.15) is 26.8 Å². The number of halogens is 2. The van der Waals surface area contributed by atoms with Crippen LogP contribution in [0.4, 0.5) is 0 Å². The second kappa shape index (κ2) is 6.98. The molecule has 6 heteroatoms. The van der Waals surface area contributed by atoms with Gasteiger partial charge in [0.05, 0.1) is 0 Å². The van der Waals surface area contributed by atoms with Crippen LogP contribution in [0.2, 0.25) is 0 Å². The quantitative estimate of drug-likeness (QED) is 0.341. The smallest absolute Gasteiger partial charge is 0.248 e. The predicted molar refractivity (Wildman–Crippen MR) is 105 cm³/mol. The fraction of sp³-hybridized carbons (Fsp3) is 0.0526. The van der Waals surface area contributed by atoms with Crippen LogP contribution >= 0.6 is 31.9 Å². The number of para-hydroxylation sites is 1. The average molecular weight is 460 g/mol. The third kappa shape index (κ3) is 3.45. The van der Waals surface area contributed by atoms with Crippen LogP contribution in [0.15, 0.2) is 69.5 Å². The van der Waals surface area contributed by atoms with E-state index in [0.29, 0.717) is 11.8 Å². The Morgan fingerprint density at radius 2 is 1.68 bits per heavy atom. The minimum absolute atomic E-state index is 0.190. The molecule has 2 heterocycles. The molecule has 0 radical (unpaired) electrons. The number of furan rings is 1. The highest BCUT2D eigenvalue weighted by molar-refractivity contribution is 9.24. The number of rotatable bonds is 4. The van der Waals surface area contributed by atoms with Crippen LogP contribution in [0.3, 0.4) is 0 Å². The number of alkyl halides is 2. The molecule has 2 aromatic carbocycles. The summed E-state index contributed by atoms with van der Waals surface area (Å²) in [6.45, 7) is 0. The van der Waals surface area contributed by atoms with Crippen LogP contribution in [0.5, 0.6) is 0 Å². The number of benzene rings is 2. The van der Waals surface area contributed by atoms with Crippen molar-refractivity contribution in [3.63, 3.8) is 0 Å². The average Bonchev–Trinajstić information content (AvgIpc) is 3.27. The lowest BCUT2D eigenvalue weighted by Gasteiger charge is -2.02. The first-order valence-electron chi connectivity index (χ1n) is 7.58. The van der Waals surface area contributed by atoms with Crippen molar-refractivity contribution in [3.8, 4) is 0 Å². The highest BCUT2D eigenvalue weighted by Crippen LogP contribution is 2.32. The van der Waals surface area contributed by atoms with Gasteiger partial charge < -0.3 is 8.83 Å². The fourth-order valence-corrected chi connectivity index (χ4v) is 2.90. The minimum Gasteiger partial charge on any atom is -0.457 e. The lowest BCUT2D eigenvalue weighted by Crippen LogP contribution is -1.88. The Kier molecular flexibility index (Phi) is 4.55. The Labute approximate surface area is 160 Å². The molecule has 4 nitrogen and oxygen atoms in total. The van der Waals surface area contributed by atoms with Gasteiger partial charge in [0, 0.05) is 11.0 Å². The van der Waals surface area contributed by atoms with Crippen molar-refractivity contribution < 1.29 is 8.83 Å². The molecule has 0 atom stereocenters. The summed E-state index contributed by atoms with van der Waals surface area (Å²) in [7, 11) is 0. The van der Waals surface area contributed by atoms with E-state index in [0.717, 1.165) is 27.9 Å². The Morgan fingerprint density at radius 1 is 0.920 bits per heavy atom. The van der Waals surface area contributed by atoms with Crippen LogP contribution in [-0.2, 0) is 0 Å². The molecule has 0 amide bonds. The Bertz CT molecular complexity index is 1000. The van der Waals surface area contributed by atoms with Crippen molar-refractivity contribution in [1.29, 1.82) is 0 Å². The fourth-order valence-electron chi connectivity index (χ4n) is 2.53. The molecule has 0 aliphatic carbocycles. The molecule has 0 unspecified atom stereocenters. The molecule has 0 aliphatic heterocycles. The molecule has 0 spiro atoms. The Hall–Kier alpha value is -2.18. The maximum absolute atomic E-state index is 5.91. The first-order chi connectivity index (χ1) is 12.2. The Balaban J connectivity index is 1.84. The van der Waals surface area contributed by atoms with Gasteiger partial charge in [0.2, 0.25) is 11.8 Å². The van der Waals surface area contributed by atoms with E-state index in [1.165, 1.54) is 0 Å². The van der Waals surface area contributed by atoms with Crippen molar-refractivity contribution in [2.45, 2.75) is 3.74 Å². The van der Waals surface area contributed by atoms with Gasteiger partial charge in [-0.1, -0.05) is 80.4 Å². The molecule has 0 bridgehead atoms. The number of nitrogens with zero attached hydrogens (tertiary/aromatic N) is 2. The molecular formula is C19H12Br2N2O2. The van der Waals surface area contributed by atoms with Gasteiger partial charge in [0.15, 0.2) is 0 Å². The van der Waals surface area contributed by atoms with Crippen LogP contribution in [0, 0.1) is 0 Å². The van der Waals surface area contributed by atoms with Crippen molar-refractivity contribution in [2.24, 2.45) is 0 Å². The van der Waals surface area contributed by atoms with Crippen LogP contribution in [0.25, 0.3) is 22.6 Å². The van der Waals surface area contributed by atoms with Crippen molar-refractivity contribution in [3.05, 3.63) is 83.8 Å². The van der Waals surface area contributed by atoms with Gasteiger partial charge in [-0.3, -0.25) is 0 Å². The number of fused-ring (bicyclic) bond motifs is 1. The summed E-state index contributed by atoms with van der Waals surface area (Å²) in [6, 6.07) is 19.8. The zero-order valence-electron chi connectivity index (χ0n) is 12.9. The summed E-state index contributed by atoms with van der Waals surface area (Å²) in [5.41, 5.74) is 2.62. The molecule has 0 saturated heterocycles. The van der Waals surface area contributed by atoms with Gasteiger partial charge in [-0.05, 0) is 23.8 Å². The van der Waals surface area contributed by atoms with E-state index in [-0.39, 0.29) is 3.74 Å². The number of hydrogen-bond acceptors (Lipinski definition) is 4. The van der Waals surface area contributed by atoms with Gasteiger partial charge in [0.1, 0.15) is 15.1 Å². The first kappa shape index (κ1) is 16.3. The highest BCUT2D eigenvalue weighted by Gasteiger charge is 2.17. The van der Waals surface area contributed by atoms with Gasteiger partial charge in [0.25, 0.3) is 0 Å². The predicted octanol–water partition coefficient (Wildman–Crippen LogP) is 6.19. The maximum Gasteiger partial charge on any atom is 0.248 e. The van der Waals surface area contributed by atoms with Crippen molar-refractivity contribution in [2.75, 3.05) is 0 Å². The second-order valence-electron chi connectivity index (χ2n) is 5.36. The first-order valence-corrected chi connectivity index (χ1v) is 9.41. The summed E-state index contributed by atoms with van der Waals surface area (Å²) in [5, 5.41) is 9.29. The van der Waals surface area contributed by atoms with Crippen LogP contribution in [-0.4, -0.2) is 10.2 Å². The van der Waals surface area contributed by atoms with Gasteiger partial charge in [-0.25, -0.2) is 0 Å². The monoisotopic (exact) mass is 458 g/mol. The van der Waals surface area contributed by atoms with E-state index >= 15 is 0 Å². The summed E-state index contributed by atoms with van der Waals surface area (Å²) in [4.78, 5) is 0. The zero-order chi connectivity index (χ0) is 17.2.